The highest BCUT2D eigenvalue weighted by Crippen LogP contribution is 2.36. The molecule has 0 spiro atoms. The van der Waals surface area contributed by atoms with Crippen LogP contribution < -0.4 is 0 Å². The number of hydrogen-bond donors (Lipinski definition) is 0. The Bertz CT molecular complexity index is 343. The maximum atomic E-state index is 12.2. The maximum Gasteiger partial charge on any atom is 0.389 e. The van der Waals surface area contributed by atoms with Crippen molar-refractivity contribution in [3.63, 3.8) is 0 Å². The van der Waals surface area contributed by atoms with Crippen LogP contribution in [0.3, 0.4) is 0 Å². The van der Waals surface area contributed by atoms with Crippen LogP contribution in [0.5, 0.6) is 0 Å². The van der Waals surface area contributed by atoms with Gasteiger partial charge in [0.1, 0.15) is 0 Å². The van der Waals surface area contributed by atoms with Crippen molar-refractivity contribution in [3.8, 4) is 0 Å². The van der Waals surface area contributed by atoms with Gasteiger partial charge < -0.3 is 9.47 Å². The molecule has 0 aromatic heterocycles. The number of halogens is 3. The highest BCUT2D eigenvalue weighted by molar-refractivity contribution is 4.77. The predicted molar refractivity (Wildman–Crippen MR) is 93.3 cm³/mol. The van der Waals surface area contributed by atoms with E-state index in [1.54, 1.807) is 0 Å². The van der Waals surface area contributed by atoms with E-state index in [9.17, 15) is 13.2 Å². The Morgan fingerprint density at radius 2 is 1.44 bits per heavy atom. The first-order valence-electron chi connectivity index (χ1n) is 10.3. The molecule has 0 bridgehead atoms. The smallest absolute Gasteiger partial charge is 0.352 e. The Hall–Kier alpha value is -0.290. The summed E-state index contributed by atoms with van der Waals surface area (Å²) >= 11 is 0. The van der Waals surface area contributed by atoms with E-state index < -0.39 is 12.6 Å². The summed E-state index contributed by atoms with van der Waals surface area (Å²) in [5, 5.41) is 0. The maximum absolute atomic E-state index is 12.2. The monoisotopic (exact) mass is 364 g/mol. The van der Waals surface area contributed by atoms with Crippen molar-refractivity contribution in [2.45, 2.75) is 96.4 Å². The molecule has 2 nitrogen and oxygen atoms in total. The first-order valence-corrected chi connectivity index (χ1v) is 10.3. The molecule has 0 unspecified atom stereocenters. The van der Waals surface area contributed by atoms with Gasteiger partial charge in [0.05, 0.1) is 13.2 Å². The average Bonchev–Trinajstić information content (AvgIpc) is 2.59. The summed E-state index contributed by atoms with van der Waals surface area (Å²) in [5.41, 5.74) is 0. The largest absolute Gasteiger partial charge is 0.389 e. The summed E-state index contributed by atoms with van der Waals surface area (Å²) in [5.74, 6) is 1.46. The van der Waals surface area contributed by atoms with Crippen molar-refractivity contribution in [3.05, 3.63) is 0 Å². The second kappa shape index (κ2) is 10.8. The zero-order chi connectivity index (χ0) is 18.1. The fraction of sp³-hybridized carbons (Fsp3) is 1.00. The van der Waals surface area contributed by atoms with Crippen LogP contribution in [0.1, 0.15) is 84.0 Å². The van der Waals surface area contributed by atoms with Crippen LogP contribution in [0.15, 0.2) is 0 Å². The van der Waals surface area contributed by atoms with E-state index >= 15 is 0 Å². The van der Waals surface area contributed by atoms with Crippen LogP contribution >= 0.6 is 0 Å². The van der Waals surface area contributed by atoms with Gasteiger partial charge in [-0.3, -0.25) is 0 Å². The van der Waals surface area contributed by atoms with Gasteiger partial charge >= 0.3 is 6.18 Å². The van der Waals surface area contributed by atoms with Gasteiger partial charge in [-0.15, -0.1) is 0 Å². The van der Waals surface area contributed by atoms with Gasteiger partial charge in [0, 0.05) is 18.3 Å². The second-order valence-corrected chi connectivity index (χ2v) is 8.04. The summed E-state index contributed by atoms with van der Waals surface area (Å²) in [7, 11) is 0. The van der Waals surface area contributed by atoms with Gasteiger partial charge in [-0.1, -0.05) is 39.0 Å². The molecule has 0 aromatic carbocycles. The number of alkyl halides is 3. The zero-order valence-electron chi connectivity index (χ0n) is 15.7. The van der Waals surface area contributed by atoms with Gasteiger partial charge in [0.25, 0.3) is 0 Å². The summed E-state index contributed by atoms with van der Waals surface area (Å²) in [6.45, 7) is 3.36. The molecule has 0 N–H and O–H groups in total. The molecular weight excluding hydrogens is 329 g/mol. The minimum Gasteiger partial charge on any atom is -0.352 e. The van der Waals surface area contributed by atoms with Crippen molar-refractivity contribution in [2.24, 2.45) is 17.8 Å². The van der Waals surface area contributed by atoms with Crippen molar-refractivity contribution < 1.29 is 22.6 Å². The summed E-state index contributed by atoms with van der Waals surface area (Å²) in [6, 6.07) is 0. The first kappa shape index (κ1) is 21.0. The lowest BCUT2D eigenvalue weighted by molar-refractivity contribution is -0.230. The quantitative estimate of drug-likeness (QED) is 0.436. The van der Waals surface area contributed by atoms with Crippen molar-refractivity contribution >= 4 is 0 Å². The standard InChI is InChI=1S/C20H35F3O2/c1-2-3-4-5-7-16-9-11-18(12-10-16)19-24-14-17(15-25-19)8-6-13-20(21,22)23/h16-19H,2-15H2,1H3. The van der Waals surface area contributed by atoms with Crippen LogP contribution in [-0.2, 0) is 9.47 Å². The highest BCUT2D eigenvalue weighted by Gasteiger charge is 2.33. The second-order valence-electron chi connectivity index (χ2n) is 8.04. The van der Waals surface area contributed by atoms with E-state index in [1.807, 2.05) is 0 Å². The summed E-state index contributed by atoms with van der Waals surface area (Å²) in [6.07, 6.45) is 7.45. The molecular formula is C20H35F3O2. The van der Waals surface area contributed by atoms with E-state index in [2.05, 4.69) is 6.92 Å². The van der Waals surface area contributed by atoms with Gasteiger partial charge in [0.15, 0.2) is 6.29 Å². The molecule has 0 atom stereocenters. The third-order valence-electron chi connectivity index (χ3n) is 5.81. The van der Waals surface area contributed by atoms with Crippen molar-refractivity contribution in [1.29, 1.82) is 0 Å². The number of ether oxygens (including phenoxy) is 2. The highest BCUT2D eigenvalue weighted by atomic mass is 19.4. The van der Waals surface area contributed by atoms with Crippen molar-refractivity contribution in [2.75, 3.05) is 13.2 Å². The Kier molecular flexibility index (Phi) is 9.05. The minimum absolute atomic E-state index is 0.119. The molecule has 1 saturated carbocycles. The van der Waals surface area contributed by atoms with E-state index in [0.717, 1.165) is 5.92 Å². The van der Waals surface area contributed by atoms with E-state index in [4.69, 9.17) is 9.47 Å². The van der Waals surface area contributed by atoms with E-state index in [0.29, 0.717) is 25.6 Å². The molecule has 2 rings (SSSR count). The van der Waals surface area contributed by atoms with Gasteiger partial charge in [-0.2, -0.15) is 13.2 Å². The third-order valence-corrected chi connectivity index (χ3v) is 5.81. The van der Waals surface area contributed by atoms with Crippen LogP contribution in [0, 0.1) is 17.8 Å². The molecule has 1 aliphatic carbocycles. The summed E-state index contributed by atoms with van der Waals surface area (Å²) in [4.78, 5) is 0. The fourth-order valence-electron chi connectivity index (χ4n) is 4.20. The summed E-state index contributed by atoms with van der Waals surface area (Å²) < 4.78 is 48.3. The minimum atomic E-state index is -4.05. The van der Waals surface area contributed by atoms with E-state index in [-0.39, 0.29) is 18.6 Å². The molecule has 0 aromatic rings. The topological polar surface area (TPSA) is 18.5 Å². The Labute approximate surface area is 150 Å². The lowest BCUT2D eigenvalue weighted by atomic mass is 9.79. The zero-order valence-corrected chi connectivity index (χ0v) is 15.7. The molecule has 2 fully saturated rings. The molecule has 2 aliphatic rings. The Morgan fingerprint density at radius 3 is 2.04 bits per heavy atom. The van der Waals surface area contributed by atoms with E-state index in [1.165, 1.54) is 57.8 Å². The molecule has 5 heteroatoms. The molecule has 1 saturated heterocycles. The SMILES string of the molecule is CCCCCCC1CCC(C2OCC(CCCC(F)(F)F)CO2)CC1. The number of rotatable bonds is 9. The molecule has 0 radical (unpaired) electrons. The third kappa shape index (κ3) is 8.29. The first-order chi connectivity index (χ1) is 12.0. The lowest BCUT2D eigenvalue weighted by Crippen LogP contribution is -2.38. The predicted octanol–water partition coefficient (Wildman–Crippen LogP) is 6.48. The Morgan fingerprint density at radius 1 is 0.800 bits per heavy atom. The molecule has 25 heavy (non-hydrogen) atoms. The van der Waals surface area contributed by atoms with Crippen molar-refractivity contribution in [1.82, 2.24) is 0 Å². The normalized spacial score (nSPS) is 31.2. The molecule has 1 aliphatic heterocycles. The van der Waals surface area contributed by atoms with Crippen LogP contribution in [0.4, 0.5) is 13.2 Å². The van der Waals surface area contributed by atoms with Gasteiger partial charge in [-0.05, 0) is 44.4 Å². The van der Waals surface area contributed by atoms with Crippen LogP contribution in [0.25, 0.3) is 0 Å². The average molecular weight is 364 g/mol. The molecule has 0 amide bonds. The van der Waals surface area contributed by atoms with Crippen LogP contribution in [0.2, 0.25) is 0 Å². The van der Waals surface area contributed by atoms with Crippen LogP contribution in [-0.4, -0.2) is 25.7 Å². The molecule has 1 heterocycles. The molecule has 148 valence electrons. The number of hydrogen-bond acceptors (Lipinski definition) is 2. The fourth-order valence-corrected chi connectivity index (χ4v) is 4.20. The Balaban J connectivity index is 1.56. The lowest BCUT2D eigenvalue weighted by Gasteiger charge is -2.37. The van der Waals surface area contributed by atoms with Gasteiger partial charge in [0.2, 0.25) is 0 Å². The van der Waals surface area contributed by atoms with Gasteiger partial charge in [-0.25, -0.2) is 0 Å². The number of unbranched alkanes of at least 4 members (excludes halogenated alkanes) is 3.